The summed E-state index contributed by atoms with van der Waals surface area (Å²) < 4.78 is 0. The number of hydrazone groups is 1. The van der Waals surface area contributed by atoms with Crippen LogP contribution in [0.3, 0.4) is 0 Å². The van der Waals surface area contributed by atoms with Crippen LogP contribution < -0.4 is 5.43 Å². The number of nitrogens with one attached hydrogen (secondary N) is 1. The summed E-state index contributed by atoms with van der Waals surface area (Å²) in [5.41, 5.74) is 4.19. The molecule has 0 aromatic carbocycles. The van der Waals surface area contributed by atoms with Crippen LogP contribution in [0.2, 0.25) is 0 Å². The van der Waals surface area contributed by atoms with E-state index in [1.807, 2.05) is 18.2 Å². The van der Waals surface area contributed by atoms with E-state index in [2.05, 4.69) is 29.4 Å². The van der Waals surface area contributed by atoms with Crippen molar-refractivity contribution in [3.8, 4) is 0 Å². The molecule has 3 heteroatoms. The minimum absolute atomic E-state index is 0.806. The van der Waals surface area contributed by atoms with Crippen molar-refractivity contribution in [3.63, 3.8) is 0 Å². The lowest BCUT2D eigenvalue weighted by Gasteiger charge is -2.03. The van der Waals surface area contributed by atoms with Crippen molar-refractivity contribution in [1.29, 1.82) is 0 Å². The Hall–Kier alpha value is -1.38. The third-order valence-electron chi connectivity index (χ3n) is 2.22. The maximum absolute atomic E-state index is 4.35. The Morgan fingerprint density at radius 3 is 2.87 bits per heavy atom. The first-order valence-corrected chi connectivity index (χ1v) is 5.59. The van der Waals surface area contributed by atoms with Crippen molar-refractivity contribution >= 4 is 11.5 Å². The first-order valence-electron chi connectivity index (χ1n) is 5.59. The molecule has 82 valence electrons. The summed E-state index contributed by atoms with van der Waals surface area (Å²) in [6.45, 7) is 4.33. The van der Waals surface area contributed by atoms with Gasteiger partial charge in [0.1, 0.15) is 5.82 Å². The monoisotopic (exact) mass is 205 g/mol. The molecule has 0 amide bonds. The van der Waals surface area contributed by atoms with Gasteiger partial charge in [0, 0.05) is 11.9 Å². The van der Waals surface area contributed by atoms with E-state index in [9.17, 15) is 0 Å². The third kappa shape index (κ3) is 4.58. The molecule has 1 rings (SSSR count). The zero-order valence-electron chi connectivity index (χ0n) is 9.53. The van der Waals surface area contributed by atoms with Crippen LogP contribution in [0, 0.1) is 0 Å². The van der Waals surface area contributed by atoms with Crippen molar-refractivity contribution in [2.75, 3.05) is 5.43 Å². The average Bonchev–Trinajstić information content (AvgIpc) is 2.31. The molecule has 1 aromatic heterocycles. The van der Waals surface area contributed by atoms with E-state index in [0.29, 0.717) is 0 Å². The number of rotatable bonds is 6. The smallest absolute Gasteiger partial charge is 0.146 e. The topological polar surface area (TPSA) is 37.3 Å². The molecule has 1 aromatic rings. The van der Waals surface area contributed by atoms with E-state index in [-0.39, 0.29) is 0 Å². The molecule has 0 atom stereocenters. The van der Waals surface area contributed by atoms with Crippen molar-refractivity contribution < 1.29 is 0 Å². The van der Waals surface area contributed by atoms with Crippen LogP contribution in [0.5, 0.6) is 0 Å². The highest BCUT2D eigenvalue weighted by atomic mass is 15.3. The minimum atomic E-state index is 0.806. The molecule has 15 heavy (non-hydrogen) atoms. The lowest BCUT2D eigenvalue weighted by Crippen LogP contribution is -2.01. The van der Waals surface area contributed by atoms with Gasteiger partial charge < -0.3 is 0 Å². The second-order valence-electron chi connectivity index (χ2n) is 3.46. The molecule has 0 aliphatic rings. The Bertz CT molecular complexity index is 293. The van der Waals surface area contributed by atoms with Gasteiger partial charge in [0.05, 0.1) is 0 Å². The van der Waals surface area contributed by atoms with Crippen molar-refractivity contribution in [1.82, 2.24) is 4.98 Å². The van der Waals surface area contributed by atoms with Crippen LogP contribution in [-0.2, 0) is 0 Å². The van der Waals surface area contributed by atoms with Gasteiger partial charge in [-0.25, -0.2) is 4.98 Å². The van der Waals surface area contributed by atoms with Crippen molar-refractivity contribution in [2.45, 2.75) is 39.5 Å². The van der Waals surface area contributed by atoms with Crippen LogP contribution in [0.15, 0.2) is 29.5 Å². The summed E-state index contributed by atoms with van der Waals surface area (Å²) in [7, 11) is 0. The summed E-state index contributed by atoms with van der Waals surface area (Å²) in [6.07, 6.45) is 6.25. The SMILES string of the molecule is CCCCC(CC)=NNc1ccccn1. The van der Waals surface area contributed by atoms with Gasteiger partial charge in [0.25, 0.3) is 0 Å². The summed E-state index contributed by atoms with van der Waals surface area (Å²) in [5.74, 6) is 0.806. The lowest BCUT2D eigenvalue weighted by molar-refractivity contribution is 0.824. The number of pyridine rings is 1. The van der Waals surface area contributed by atoms with E-state index in [1.165, 1.54) is 18.6 Å². The number of anilines is 1. The second-order valence-corrected chi connectivity index (χ2v) is 3.46. The maximum Gasteiger partial charge on any atom is 0.146 e. The molecule has 3 nitrogen and oxygen atoms in total. The highest BCUT2D eigenvalue weighted by molar-refractivity contribution is 5.84. The molecule has 0 aliphatic carbocycles. The molecule has 0 saturated heterocycles. The van der Waals surface area contributed by atoms with Gasteiger partial charge in [0.15, 0.2) is 0 Å². The number of hydrogen-bond donors (Lipinski definition) is 1. The quantitative estimate of drug-likeness (QED) is 0.570. The molecule has 0 unspecified atom stereocenters. The fourth-order valence-corrected chi connectivity index (χ4v) is 1.26. The normalized spacial score (nSPS) is 11.5. The largest absolute Gasteiger partial charge is 0.261 e. The molecule has 0 fully saturated rings. The van der Waals surface area contributed by atoms with E-state index in [1.54, 1.807) is 6.20 Å². The van der Waals surface area contributed by atoms with E-state index >= 15 is 0 Å². The van der Waals surface area contributed by atoms with Gasteiger partial charge in [0.2, 0.25) is 0 Å². The molecule has 0 bridgehead atoms. The van der Waals surface area contributed by atoms with Gasteiger partial charge in [-0.05, 0) is 31.4 Å². The summed E-state index contributed by atoms with van der Waals surface area (Å²) in [4.78, 5) is 4.15. The maximum atomic E-state index is 4.35. The molecule has 0 aliphatic heterocycles. The molecule has 1 N–H and O–H groups in total. The summed E-state index contributed by atoms with van der Waals surface area (Å²) in [6, 6.07) is 5.76. The Labute approximate surface area is 91.6 Å². The molecule has 0 radical (unpaired) electrons. The second kappa shape index (κ2) is 6.98. The van der Waals surface area contributed by atoms with Gasteiger partial charge >= 0.3 is 0 Å². The van der Waals surface area contributed by atoms with Crippen LogP contribution >= 0.6 is 0 Å². The minimum Gasteiger partial charge on any atom is -0.261 e. The zero-order valence-corrected chi connectivity index (χ0v) is 9.53. The van der Waals surface area contributed by atoms with Gasteiger partial charge in [-0.3, -0.25) is 5.43 Å². The number of nitrogens with zero attached hydrogens (tertiary/aromatic N) is 2. The van der Waals surface area contributed by atoms with Crippen molar-refractivity contribution in [2.24, 2.45) is 5.10 Å². The van der Waals surface area contributed by atoms with Crippen LogP contribution in [-0.4, -0.2) is 10.7 Å². The average molecular weight is 205 g/mol. The van der Waals surface area contributed by atoms with Crippen LogP contribution in [0.1, 0.15) is 39.5 Å². The first kappa shape index (κ1) is 11.7. The number of aromatic nitrogens is 1. The van der Waals surface area contributed by atoms with E-state index in [0.717, 1.165) is 18.7 Å². The molecular formula is C12H19N3. The molecule has 0 spiro atoms. The zero-order chi connectivity index (χ0) is 10.9. The lowest BCUT2D eigenvalue weighted by atomic mass is 10.1. The van der Waals surface area contributed by atoms with E-state index in [4.69, 9.17) is 0 Å². The Kier molecular flexibility index (Phi) is 5.44. The number of unbranched alkanes of at least 4 members (excludes halogenated alkanes) is 1. The van der Waals surface area contributed by atoms with Crippen LogP contribution in [0.25, 0.3) is 0 Å². The molecule has 0 saturated carbocycles. The summed E-state index contributed by atoms with van der Waals surface area (Å²) in [5, 5.41) is 4.35. The van der Waals surface area contributed by atoms with Crippen molar-refractivity contribution in [3.05, 3.63) is 24.4 Å². The van der Waals surface area contributed by atoms with Gasteiger partial charge in [-0.2, -0.15) is 5.10 Å². The third-order valence-corrected chi connectivity index (χ3v) is 2.22. The summed E-state index contributed by atoms with van der Waals surface area (Å²) >= 11 is 0. The van der Waals surface area contributed by atoms with Gasteiger partial charge in [-0.15, -0.1) is 0 Å². The highest BCUT2D eigenvalue weighted by Gasteiger charge is 1.96. The number of hydrogen-bond acceptors (Lipinski definition) is 3. The Balaban J connectivity index is 2.47. The fourth-order valence-electron chi connectivity index (χ4n) is 1.26. The van der Waals surface area contributed by atoms with E-state index < -0.39 is 0 Å². The Morgan fingerprint density at radius 2 is 2.27 bits per heavy atom. The molecular weight excluding hydrogens is 186 g/mol. The Morgan fingerprint density at radius 1 is 1.40 bits per heavy atom. The predicted molar refractivity (Wildman–Crippen MR) is 65.1 cm³/mol. The first-order chi connectivity index (χ1) is 7.36. The van der Waals surface area contributed by atoms with Crippen LogP contribution in [0.4, 0.5) is 5.82 Å². The standard InChI is InChI=1S/C12H19N3/c1-3-5-8-11(4-2)14-15-12-9-6-7-10-13-12/h6-7,9-10H,3-5,8H2,1-2H3,(H,13,15). The highest BCUT2D eigenvalue weighted by Crippen LogP contribution is 2.03. The fraction of sp³-hybridized carbons (Fsp3) is 0.500. The molecule has 1 heterocycles. The predicted octanol–water partition coefficient (Wildman–Crippen LogP) is 3.45. The van der Waals surface area contributed by atoms with Gasteiger partial charge in [-0.1, -0.05) is 26.3 Å².